The first-order valence-electron chi connectivity index (χ1n) is 9.87. The van der Waals surface area contributed by atoms with Crippen molar-refractivity contribution in [2.45, 2.75) is 19.9 Å². The zero-order chi connectivity index (χ0) is 23.3. The molecule has 0 spiro atoms. The number of ether oxygens (including phenoxy) is 2. The highest BCUT2D eigenvalue weighted by molar-refractivity contribution is 7.14. The molecule has 0 bridgehead atoms. The number of hydrogen-bond donors (Lipinski definition) is 2. The number of carbonyl (C=O) groups excluding carboxylic acids is 2. The number of aromatic nitrogens is 1. The molecule has 0 saturated heterocycles. The van der Waals surface area contributed by atoms with Crippen molar-refractivity contribution in [3.8, 4) is 22.8 Å². The topological polar surface area (TPSA) is 89.5 Å². The fourth-order valence-corrected chi connectivity index (χ4v) is 3.69. The highest BCUT2D eigenvalue weighted by Gasteiger charge is 2.26. The van der Waals surface area contributed by atoms with Crippen LogP contribution in [0.4, 0.5) is 9.52 Å². The summed E-state index contributed by atoms with van der Waals surface area (Å²) in [5.41, 5.74) is 1.68. The first-order chi connectivity index (χ1) is 15.3. The summed E-state index contributed by atoms with van der Waals surface area (Å²) >= 11 is 1.25. The van der Waals surface area contributed by atoms with E-state index in [0.717, 1.165) is 5.56 Å². The molecule has 0 saturated carbocycles. The fraction of sp³-hybridized carbons (Fsp3) is 0.261. The Morgan fingerprint density at radius 1 is 1.03 bits per heavy atom. The second-order valence-corrected chi connectivity index (χ2v) is 8.19. The highest BCUT2D eigenvalue weighted by Crippen LogP contribution is 2.26. The van der Waals surface area contributed by atoms with Crippen molar-refractivity contribution in [2.24, 2.45) is 5.92 Å². The molecule has 7 nitrogen and oxygen atoms in total. The lowest BCUT2D eigenvalue weighted by molar-refractivity contribution is -0.118. The summed E-state index contributed by atoms with van der Waals surface area (Å²) in [4.78, 5) is 30.1. The van der Waals surface area contributed by atoms with Gasteiger partial charge in [-0.25, -0.2) is 9.37 Å². The third-order valence-corrected chi connectivity index (χ3v) is 5.48. The van der Waals surface area contributed by atoms with Gasteiger partial charge in [-0.2, -0.15) is 0 Å². The molecular formula is C23H24FN3O4S. The number of benzene rings is 2. The van der Waals surface area contributed by atoms with E-state index in [-0.39, 0.29) is 17.6 Å². The largest absolute Gasteiger partial charge is 0.497 e. The number of nitrogens with one attached hydrogen (secondary N) is 2. The monoisotopic (exact) mass is 457 g/mol. The van der Waals surface area contributed by atoms with Crippen molar-refractivity contribution in [1.29, 1.82) is 0 Å². The third-order valence-electron chi connectivity index (χ3n) is 4.72. The Kier molecular flexibility index (Phi) is 7.42. The van der Waals surface area contributed by atoms with Crippen LogP contribution in [0.2, 0.25) is 0 Å². The van der Waals surface area contributed by atoms with Gasteiger partial charge in [-0.1, -0.05) is 13.8 Å². The van der Waals surface area contributed by atoms with Crippen LogP contribution in [0.5, 0.6) is 11.5 Å². The van der Waals surface area contributed by atoms with Crippen LogP contribution in [0.1, 0.15) is 24.2 Å². The number of amides is 2. The lowest BCUT2D eigenvalue weighted by Crippen LogP contribution is -2.47. The average molecular weight is 458 g/mol. The van der Waals surface area contributed by atoms with E-state index in [1.807, 2.05) is 13.8 Å². The molecule has 3 aromatic rings. The smallest absolute Gasteiger partial charge is 0.252 e. The van der Waals surface area contributed by atoms with E-state index >= 15 is 0 Å². The fourth-order valence-electron chi connectivity index (χ4n) is 2.97. The van der Waals surface area contributed by atoms with E-state index in [2.05, 4.69) is 15.6 Å². The molecule has 32 heavy (non-hydrogen) atoms. The maximum atomic E-state index is 13.1. The number of thiazole rings is 1. The van der Waals surface area contributed by atoms with Gasteiger partial charge >= 0.3 is 0 Å². The minimum Gasteiger partial charge on any atom is -0.497 e. The molecule has 0 aliphatic heterocycles. The lowest BCUT2D eigenvalue weighted by atomic mass is 10.0. The van der Waals surface area contributed by atoms with Crippen LogP contribution in [0.15, 0.2) is 47.8 Å². The van der Waals surface area contributed by atoms with E-state index in [4.69, 9.17) is 9.47 Å². The van der Waals surface area contributed by atoms with Gasteiger partial charge < -0.3 is 20.1 Å². The minimum atomic E-state index is -0.794. The number of carbonyl (C=O) groups is 2. The molecule has 0 fully saturated rings. The summed E-state index contributed by atoms with van der Waals surface area (Å²) in [5, 5.41) is 7.69. The molecule has 0 aliphatic carbocycles. The Labute approximate surface area is 189 Å². The molecular weight excluding hydrogens is 433 g/mol. The van der Waals surface area contributed by atoms with Crippen molar-refractivity contribution >= 4 is 28.3 Å². The van der Waals surface area contributed by atoms with Gasteiger partial charge in [0.2, 0.25) is 5.91 Å². The average Bonchev–Trinajstić information content (AvgIpc) is 3.25. The standard InChI is InChI=1S/C23H24FN3O4S/c1-13(2)20(26-21(28)15-9-17(30-3)11-18(10-15)31-4)22(29)27-23-25-19(12-32-23)14-5-7-16(24)8-6-14/h5-13,20H,1-4H3,(H,26,28)(H,25,27,29)/t20-/m1/s1. The predicted molar refractivity (Wildman–Crippen MR) is 122 cm³/mol. The minimum absolute atomic E-state index is 0.178. The van der Waals surface area contributed by atoms with E-state index in [0.29, 0.717) is 27.9 Å². The molecule has 0 radical (unpaired) electrons. The normalized spacial score (nSPS) is 11.7. The first kappa shape index (κ1) is 23.2. The lowest BCUT2D eigenvalue weighted by Gasteiger charge is -2.21. The second-order valence-electron chi connectivity index (χ2n) is 7.33. The van der Waals surface area contributed by atoms with Crippen LogP contribution in [-0.2, 0) is 4.79 Å². The number of anilines is 1. The van der Waals surface area contributed by atoms with Gasteiger partial charge in [0.05, 0.1) is 19.9 Å². The van der Waals surface area contributed by atoms with Gasteiger partial charge in [-0.15, -0.1) is 11.3 Å². The second kappa shape index (κ2) is 10.2. The van der Waals surface area contributed by atoms with Gasteiger partial charge in [0.15, 0.2) is 5.13 Å². The summed E-state index contributed by atoms with van der Waals surface area (Å²) in [5.74, 6) is -0.387. The zero-order valence-electron chi connectivity index (χ0n) is 18.1. The Balaban J connectivity index is 1.73. The summed E-state index contributed by atoms with van der Waals surface area (Å²) < 4.78 is 23.5. The van der Waals surface area contributed by atoms with Crippen molar-refractivity contribution in [1.82, 2.24) is 10.3 Å². The molecule has 1 atom stereocenters. The van der Waals surface area contributed by atoms with E-state index in [9.17, 15) is 14.0 Å². The summed E-state index contributed by atoms with van der Waals surface area (Å²) in [6.07, 6.45) is 0. The Morgan fingerprint density at radius 2 is 1.66 bits per heavy atom. The first-order valence-corrected chi connectivity index (χ1v) is 10.7. The Morgan fingerprint density at radius 3 is 2.22 bits per heavy atom. The van der Waals surface area contributed by atoms with Crippen molar-refractivity contribution in [2.75, 3.05) is 19.5 Å². The van der Waals surface area contributed by atoms with Gasteiger partial charge in [0, 0.05) is 22.6 Å². The molecule has 168 valence electrons. The van der Waals surface area contributed by atoms with Crippen molar-refractivity contribution in [3.63, 3.8) is 0 Å². The van der Waals surface area contributed by atoms with Crippen molar-refractivity contribution < 1.29 is 23.5 Å². The molecule has 2 aromatic carbocycles. The van der Waals surface area contributed by atoms with Gasteiger partial charge in [-0.05, 0) is 42.3 Å². The summed E-state index contributed by atoms with van der Waals surface area (Å²) in [6.45, 7) is 3.67. The van der Waals surface area contributed by atoms with Gasteiger partial charge in [-0.3, -0.25) is 9.59 Å². The third kappa shape index (κ3) is 5.61. The number of nitrogens with zero attached hydrogens (tertiary/aromatic N) is 1. The highest BCUT2D eigenvalue weighted by atomic mass is 32.1. The number of halogens is 1. The number of hydrogen-bond acceptors (Lipinski definition) is 6. The van der Waals surface area contributed by atoms with Crippen LogP contribution in [-0.4, -0.2) is 37.1 Å². The molecule has 2 amide bonds. The van der Waals surface area contributed by atoms with Crippen LogP contribution in [0.25, 0.3) is 11.3 Å². The maximum Gasteiger partial charge on any atom is 0.252 e. The zero-order valence-corrected chi connectivity index (χ0v) is 19.0. The van der Waals surface area contributed by atoms with Crippen LogP contribution >= 0.6 is 11.3 Å². The van der Waals surface area contributed by atoms with Gasteiger partial charge in [0.1, 0.15) is 23.4 Å². The Hall–Kier alpha value is -3.46. The molecule has 9 heteroatoms. The quantitative estimate of drug-likeness (QED) is 0.525. The molecule has 2 N–H and O–H groups in total. The number of rotatable bonds is 8. The molecule has 1 heterocycles. The number of methoxy groups -OCH3 is 2. The predicted octanol–water partition coefficient (Wildman–Crippen LogP) is 4.36. The SMILES string of the molecule is COc1cc(OC)cc(C(=O)N[C@@H](C(=O)Nc2nc(-c3ccc(F)cc3)cs2)C(C)C)c1. The van der Waals surface area contributed by atoms with Gasteiger partial charge in [0.25, 0.3) is 5.91 Å². The van der Waals surface area contributed by atoms with E-state index in [1.54, 1.807) is 35.7 Å². The molecule has 3 rings (SSSR count). The van der Waals surface area contributed by atoms with Crippen LogP contribution in [0.3, 0.4) is 0 Å². The van der Waals surface area contributed by atoms with Crippen LogP contribution < -0.4 is 20.1 Å². The summed E-state index contributed by atoms with van der Waals surface area (Å²) in [6, 6.07) is 9.95. The maximum absolute atomic E-state index is 13.1. The summed E-state index contributed by atoms with van der Waals surface area (Å²) in [7, 11) is 2.99. The molecule has 1 aromatic heterocycles. The Bertz CT molecular complexity index is 1080. The van der Waals surface area contributed by atoms with Crippen LogP contribution in [0, 0.1) is 11.7 Å². The van der Waals surface area contributed by atoms with E-state index in [1.165, 1.54) is 37.7 Å². The molecule has 0 aliphatic rings. The molecule has 0 unspecified atom stereocenters. The van der Waals surface area contributed by atoms with E-state index < -0.39 is 11.9 Å². The van der Waals surface area contributed by atoms with Crippen molar-refractivity contribution in [3.05, 3.63) is 59.2 Å².